The highest BCUT2D eigenvalue weighted by Crippen LogP contribution is 2.27. The molecule has 7 nitrogen and oxygen atoms in total. The van der Waals surface area contributed by atoms with E-state index in [1.165, 1.54) is 0 Å². The molecule has 1 aliphatic rings. The van der Waals surface area contributed by atoms with Crippen LogP contribution in [0, 0.1) is 5.92 Å². The summed E-state index contributed by atoms with van der Waals surface area (Å²) in [5.41, 5.74) is 1.12. The summed E-state index contributed by atoms with van der Waals surface area (Å²) < 4.78 is 17.1. The molecule has 1 saturated heterocycles. The van der Waals surface area contributed by atoms with Crippen LogP contribution < -0.4 is 9.47 Å². The molecule has 2 aromatic rings. The second-order valence-electron chi connectivity index (χ2n) is 8.68. The molecular weight excluding hydrogens is 382 g/mol. The molecule has 1 unspecified atom stereocenters. The lowest BCUT2D eigenvalue weighted by atomic mass is 9.94. The van der Waals surface area contributed by atoms with Gasteiger partial charge in [0.2, 0.25) is 0 Å². The van der Waals surface area contributed by atoms with Crippen molar-refractivity contribution in [2.45, 2.75) is 59.0 Å². The smallest absolute Gasteiger partial charge is 0.410 e. The molecule has 0 saturated carbocycles. The normalized spacial score (nSPS) is 17.1. The minimum Gasteiger partial charge on any atom is -0.474 e. The SMILES string of the molecule is CCOc1nc2ccccc2nc1OCCCC1CCCN(C(=O)OC(C)(C)C)C1. The standard InChI is InChI=1S/C23H33N3O4/c1-5-28-20-21(25-19-13-7-6-12-18(19)24-20)29-15-9-11-17-10-8-14-26(16-17)22(27)30-23(2,3)4/h6-7,12-13,17H,5,8-11,14-16H2,1-4H3. The number of fused-ring (bicyclic) bond motifs is 1. The summed E-state index contributed by atoms with van der Waals surface area (Å²) in [6, 6.07) is 7.69. The first-order valence-electron chi connectivity index (χ1n) is 10.9. The number of rotatable bonds is 7. The quantitative estimate of drug-likeness (QED) is 0.603. The Labute approximate surface area is 178 Å². The third-order valence-electron chi connectivity index (χ3n) is 4.96. The van der Waals surface area contributed by atoms with Crippen LogP contribution in [0.5, 0.6) is 11.8 Å². The lowest BCUT2D eigenvalue weighted by Gasteiger charge is -2.34. The summed E-state index contributed by atoms with van der Waals surface area (Å²) >= 11 is 0. The van der Waals surface area contributed by atoms with Gasteiger partial charge in [0.05, 0.1) is 24.2 Å². The Morgan fingerprint density at radius 1 is 1.13 bits per heavy atom. The molecule has 1 aliphatic heterocycles. The zero-order chi connectivity index (χ0) is 21.6. The average molecular weight is 416 g/mol. The molecule has 1 amide bonds. The molecule has 0 bridgehead atoms. The molecule has 30 heavy (non-hydrogen) atoms. The topological polar surface area (TPSA) is 73.8 Å². The van der Waals surface area contributed by atoms with E-state index in [2.05, 4.69) is 9.97 Å². The van der Waals surface area contributed by atoms with Gasteiger partial charge in [0, 0.05) is 13.1 Å². The van der Waals surface area contributed by atoms with Gasteiger partial charge in [-0.05, 0) is 71.4 Å². The first-order valence-corrected chi connectivity index (χ1v) is 10.9. The lowest BCUT2D eigenvalue weighted by Crippen LogP contribution is -2.42. The van der Waals surface area contributed by atoms with E-state index in [0.29, 0.717) is 30.9 Å². The third-order valence-corrected chi connectivity index (χ3v) is 4.96. The summed E-state index contributed by atoms with van der Waals surface area (Å²) in [4.78, 5) is 23.3. The molecule has 3 rings (SSSR count). The predicted octanol–water partition coefficient (Wildman–Crippen LogP) is 4.83. The van der Waals surface area contributed by atoms with Gasteiger partial charge < -0.3 is 19.1 Å². The highest BCUT2D eigenvalue weighted by molar-refractivity contribution is 5.75. The Kier molecular flexibility index (Phi) is 7.34. The number of piperidine rings is 1. The van der Waals surface area contributed by atoms with Crippen LogP contribution in [0.25, 0.3) is 11.0 Å². The third kappa shape index (κ3) is 6.21. The van der Waals surface area contributed by atoms with Gasteiger partial charge in [0.15, 0.2) is 0 Å². The molecular formula is C23H33N3O4. The molecule has 1 aromatic heterocycles. The van der Waals surface area contributed by atoms with Gasteiger partial charge in [0.25, 0.3) is 11.8 Å². The number of carbonyl (C=O) groups is 1. The van der Waals surface area contributed by atoms with E-state index < -0.39 is 5.60 Å². The molecule has 0 aliphatic carbocycles. The van der Waals surface area contributed by atoms with E-state index in [4.69, 9.17) is 14.2 Å². The fourth-order valence-corrected chi connectivity index (χ4v) is 3.63. The number of likely N-dealkylation sites (tertiary alicyclic amines) is 1. The number of ether oxygens (including phenoxy) is 3. The molecule has 0 spiro atoms. The number of hydrogen-bond donors (Lipinski definition) is 0. The van der Waals surface area contributed by atoms with E-state index in [1.54, 1.807) is 0 Å². The summed E-state index contributed by atoms with van der Waals surface area (Å²) in [5.74, 6) is 1.34. The van der Waals surface area contributed by atoms with Crippen LogP contribution in [-0.2, 0) is 4.74 Å². The molecule has 1 atom stereocenters. The fourth-order valence-electron chi connectivity index (χ4n) is 3.63. The Morgan fingerprint density at radius 3 is 2.43 bits per heavy atom. The van der Waals surface area contributed by atoms with Crippen LogP contribution in [0.1, 0.15) is 53.4 Å². The average Bonchev–Trinajstić information content (AvgIpc) is 2.70. The first kappa shape index (κ1) is 22.1. The van der Waals surface area contributed by atoms with Crippen LogP contribution in [-0.4, -0.2) is 52.9 Å². The van der Waals surface area contributed by atoms with Gasteiger partial charge in [0.1, 0.15) is 5.60 Å². The zero-order valence-electron chi connectivity index (χ0n) is 18.5. The van der Waals surface area contributed by atoms with Gasteiger partial charge in [-0.1, -0.05) is 12.1 Å². The maximum atomic E-state index is 12.3. The van der Waals surface area contributed by atoms with Gasteiger partial charge in [-0.3, -0.25) is 0 Å². The van der Waals surface area contributed by atoms with Crippen molar-refractivity contribution in [1.82, 2.24) is 14.9 Å². The molecule has 0 N–H and O–H groups in total. The fraction of sp³-hybridized carbons (Fsp3) is 0.609. The molecule has 2 heterocycles. The van der Waals surface area contributed by atoms with Crippen molar-refractivity contribution in [2.75, 3.05) is 26.3 Å². The number of para-hydroxylation sites is 2. The van der Waals surface area contributed by atoms with Crippen molar-refractivity contribution in [3.05, 3.63) is 24.3 Å². The number of amides is 1. The number of benzene rings is 1. The highest BCUT2D eigenvalue weighted by Gasteiger charge is 2.27. The van der Waals surface area contributed by atoms with Crippen LogP contribution in [0.2, 0.25) is 0 Å². The summed E-state index contributed by atoms with van der Waals surface area (Å²) in [6.07, 6.45) is 3.79. The Bertz CT molecular complexity index is 850. The number of nitrogens with zero attached hydrogens (tertiary/aromatic N) is 3. The summed E-state index contributed by atoms with van der Waals surface area (Å²) in [7, 11) is 0. The highest BCUT2D eigenvalue weighted by atomic mass is 16.6. The first-order chi connectivity index (χ1) is 14.4. The van der Waals surface area contributed by atoms with Crippen LogP contribution in [0.4, 0.5) is 4.79 Å². The second-order valence-corrected chi connectivity index (χ2v) is 8.68. The lowest BCUT2D eigenvalue weighted by molar-refractivity contribution is 0.0159. The Hall–Kier alpha value is -2.57. The minimum atomic E-state index is -0.461. The van der Waals surface area contributed by atoms with E-state index in [9.17, 15) is 4.79 Å². The largest absolute Gasteiger partial charge is 0.474 e. The van der Waals surface area contributed by atoms with Crippen molar-refractivity contribution in [1.29, 1.82) is 0 Å². The summed E-state index contributed by atoms with van der Waals surface area (Å²) in [5, 5.41) is 0. The van der Waals surface area contributed by atoms with Gasteiger partial charge in [-0.2, -0.15) is 0 Å². The molecule has 1 fully saturated rings. The van der Waals surface area contributed by atoms with Gasteiger partial charge in [-0.15, -0.1) is 0 Å². The van der Waals surface area contributed by atoms with E-state index in [1.807, 2.05) is 56.9 Å². The number of carbonyl (C=O) groups excluding carboxylic acids is 1. The van der Waals surface area contributed by atoms with Crippen LogP contribution in [0.15, 0.2) is 24.3 Å². The van der Waals surface area contributed by atoms with Gasteiger partial charge >= 0.3 is 6.09 Å². The number of aromatic nitrogens is 2. The Balaban J connectivity index is 1.51. The Morgan fingerprint density at radius 2 is 1.80 bits per heavy atom. The molecule has 1 aromatic carbocycles. The van der Waals surface area contributed by atoms with Crippen LogP contribution >= 0.6 is 0 Å². The van der Waals surface area contributed by atoms with Crippen molar-refractivity contribution < 1.29 is 19.0 Å². The molecule has 164 valence electrons. The van der Waals surface area contributed by atoms with Crippen LogP contribution in [0.3, 0.4) is 0 Å². The minimum absolute atomic E-state index is 0.212. The van der Waals surface area contributed by atoms with E-state index >= 15 is 0 Å². The van der Waals surface area contributed by atoms with Crippen molar-refractivity contribution in [3.63, 3.8) is 0 Å². The number of hydrogen-bond acceptors (Lipinski definition) is 6. The van der Waals surface area contributed by atoms with Crippen molar-refractivity contribution in [3.8, 4) is 11.8 Å². The zero-order valence-corrected chi connectivity index (χ0v) is 18.5. The maximum absolute atomic E-state index is 12.3. The molecule has 0 radical (unpaired) electrons. The summed E-state index contributed by atoms with van der Waals surface area (Å²) in [6.45, 7) is 10.2. The monoisotopic (exact) mass is 415 g/mol. The predicted molar refractivity (Wildman–Crippen MR) is 116 cm³/mol. The van der Waals surface area contributed by atoms with E-state index in [0.717, 1.165) is 49.8 Å². The van der Waals surface area contributed by atoms with Gasteiger partial charge in [-0.25, -0.2) is 14.8 Å². The van der Waals surface area contributed by atoms with Crippen molar-refractivity contribution >= 4 is 17.1 Å². The second kappa shape index (κ2) is 9.96. The van der Waals surface area contributed by atoms with E-state index in [-0.39, 0.29) is 6.09 Å². The maximum Gasteiger partial charge on any atom is 0.410 e. The van der Waals surface area contributed by atoms with Crippen molar-refractivity contribution in [2.24, 2.45) is 5.92 Å². The molecule has 7 heteroatoms.